The van der Waals surface area contributed by atoms with Crippen LogP contribution in [0.4, 0.5) is 0 Å². The van der Waals surface area contributed by atoms with Gasteiger partial charge in [0.1, 0.15) is 17.2 Å². The lowest BCUT2D eigenvalue weighted by Crippen LogP contribution is -2.19. The van der Waals surface area contributed by atoms with Crippen LogP contribution in [0, 0.1) is 0 Å². The molecule has 0 spiro atoms. The van der Waals surface area contributed by atoms with E-state index in [9.17, 15) is 20.1 Å². The van der Waals surface area contributed by atoms with Crippen LogP contribution < -0.4 is 4.74 Å². The Bertz CT molecular complexity index is 746. The van der Waals surface area contributed by atoms with Crippen LogP contribution in [0.25, 0.3) is 5.57 Å². The molecule has 1 aliphatic heterocycles. The predicted octanol–water partition coefficient (Wildman–Crippen LogP) is 2.00. The van der Waals surface area contributed by atoms with Crippen LogP contribution in [0.15, 0.2) is 48.5 Å². The third kappa shape index (κ3) is 2.80. The molecule has 2 aromatic carbocycles. The zero-order valence-electron chi connectivity index (χ0n) is 11.6. The first-order chi connectivity index (χ1) is 10.5. The Hall–Kier alpha value is -2.79. The Morgan fingerprint density at radius 3 is 2.41 bits per heavy atom. The Morgan fingerprint density at radius 1 is 1.00 bits per heavy atom. The summed E-state index contributed by atoms with van der Waals surface area (Å²) in [5, 5.41) is 29.2. The van der Waals surface area contributed by atoms with Gasteiger partial charge >= 0.3 is 5.97 Å². The standard InChI is InChI=1S/C17H14O5/c18-12-4-1-10(2-5-12)14-9-17(21)22-16-8-13(19)6-3-11(16)7-15(14)20/h1-6,8-9,15,18-20H,7H2/b14-9-. The molecule has 0 radical (unpaired) electrons. The number of hydrogen-bond donors (Lipinski definition) is 3. The molecule has 1 atom stereocenters. The Labute approximate surface area is 126 Å². The van der Waals surface area contributed by atoms with E-state index in [-0.39, 0.29) is 23.7 Å². The summed E-state index contributed by atoms with van der Waals surface area (Å²) in [6.07, 6.45) is 0.570. The highest BCUT2D eigenvalue weighted by molar-refractivity contribution is 5.94. The topological polar surface area (TPSA) is 87.0 Å². The molecule has 0 saturated heterocycles. The highest BCUT2D eigenvalue weighted by Crippen LogP contribution is 2.31. The van der Waals surface area contributed by atoms with Gasteiger partial charge in [0.2, 0.25) is 0 Å². The van der Waals surface area contributed by atoms with Crippen molar-refractivity contribution in [2.45, 2.75) is 12.5 Å². The molecule has 5 nitrogen and oxygen atoms in total. The van der Waals surface area contributed by atoms with Crippen LogP contribution in [-0.2, 0) is 11.2 Å². The number of phenols is 2. The molecule has 0 saturated carbocycles. The van der Waals surface area contributed by atoms with Crippen LogP contribution in [0.5, 0.6) is 17.2 Å². The minimum atomic E-state index is -0.902. The van der Waals surface area contributed by atoms with Gasteiger partial charge in [-0.2, -0.15) is 0 Å². The molecule has 0 amide bonds. The van der Waals surface area contributed by atoms with Gasteiger partial charge < -0.3 is 20.1 Å². The van der Waals surface area contributed by atoms with Crippen molar-refractivity contribution in [1.29, 1.82) is 0 Å². The summed E-state index contributed by atoms with van der Waals surface area (Å²) in [6.45, 7) is 0. The minimum absolute atomic E-state index is 0.00986. The highest BCUT2D eigenvalue weighted by atomic mass is 16.5. The van der Waals surface area contributed by atoms with Gasteiger partial charge in [-0.3, -0.25) is 0 Å². The van der Waals surface area contributed by atoms with Gasteiger partial charge in [0.05, 0.1) is 6.10 Å². The fraction of sp³-hybridized carbons (Fsp3) is 0.118. The molecule has 3 rings (SSSR count). The van der Waals surface area contributed by atoms with E-state index in [4.69, 9.17) is 4.74 Å². The van der Waals surface area contributed by atoms with Gasteiger partial charge in [-0.1, -0.05) is 18.2 Å². The number of ether oxygens (including phenoxy) is 1. The summed E-state index contributed by atoms with van der Waals surface area (Å²) in [4.78, 5) is 12.0. The quantitative estimate of drug-likeness (QED) is 0.554. The first kappa shape index (κ1) is 14.2. The molecule has 0 aliphatic carbocycles. The molecule has 1 heterocycles. The van der Waals surface area contributed by atoms with Crippen LogP contribution in [0.2, 0.25) is 0 Å². The molecule has 112 valence electrons. The summed E-state index contributed by atoms with van der Waals surface area (Å²) in [6, 6.07) is 10.6. The van der Waals surface area contributed by atoms with Crippen molar-refractivity contribution in [3.63, 3.8) is 0 Å². The number of hydrogen-bond acceptors (Lipinski definition) is 5. The molecule has 0 aromatic heterocycles. The lowest BCUT2D eigenvalue weighted by molar-refractivity contribution is -0.129. The molecule has 5 heteroatoms. The van der Waals surface area contributed by atoms with Gasteiger partial charge in [-0.05, 0) is 34.9 Å². The van der Waals surface area contributed by atoms with Crippen LogP contribution >= 0.6 is 0 Å². The first-order valence-corrected chi connectivity index (χ1v) is 6.76. The van der Waals surface area contributed by atoms with Crippen molar-refractivity contribution in [2.75, 3.05) is 0 Å². The van der Waals surface area contributed by atoms with E-state index in [1.807, 2.05) is 0 Å². The molecule has 1 unspecified atom stereocenters. The summed E-state index contributed by atoms with van der Waals surface area (Å²) >= 11 is 0. The zero-order chi connectivity index (χ0) is 15.7. The average molecular weight is 298 g/mol. The third-order valence-electron chi connectivity index (χ3n) is 3.51. The Balaban J connectivity index is 2.01. The van der Waals surface area contributed by atoms with Crippen molar-refractivity contribution >= 4 is 11.5 Å². The number of fused-ring (bicyclic) bond motifs is 1. The number of aliphatic hydroxyl groups is 1. The fourth-order valence-electron chi connectivity index (χ4n) is 2.42. The summed E-state index contributed by atoms with van der Waals surface area (Å²) in [5.74, 6) is -0.295. The maximum atomic E-state index is 12.0. The van der Waals surface area contributed by atoms with Crippen molar-refractivity contribution < 1.29 is 24.9 Å². The number of phenolic OH excluding ortho intramolecular Hbond substituents is 2. The van der Waals surface area contributed by atoms with Crippen molar-refractivity contribution in [2.24, 2.45) is 0 Å². The van der Waals surface area contributed by atoms with Gasteiger partial charge in [-0.15, -0.1) is 0 Å². The lowest BCUT2D eigenvalue weighted by atomic mass is 9.94. The Kier molecular flexibility index (Phi) is 3.56. The van der Waals surface area contributed by atoms with E-state index in [0.29, 0.717) is 16.7 Å². The van der Waals surface area contributed by atoms with Gasteiger partial charge in [0.25, 0.3) is 0 Å². The third-order valence-corrected chi connectivity index (χ3v) is 3.51. The van der Waals surface area contributed by atoms with Crippen molar-refractivity contribution in [3.05, 3.63) is 59.7 Å². The molecule has 0 bridgehead atoms. The van der Waals surface area contributed by atoms with E-state index >= 15 is 0 Å². The SMILES string of the molecule is O=C1/C=C(/c2ccc(O)cc2)C(O)Cc2ccc(O)cc2O1. The zero-order valence-corrected chi connectivity index (χ0v) is 11.6. The summed E-state index contributed by atoms with van der Waals surface area (Å²) < 4.78 is 5.21. The molecule has 3 N–H and O–H groups in total. The highest BCUT2D eigenvalue weighted by Gasteiger charge is 2.22. The maximum Gasteiger partial charge on any atom is 0.336 e. The van der Waals surface area contributed by atoms with Gasteiger partial charge in [0, 0.05) is 18.6 Å². The Morgan fingerprint density at radius 2 is 1.68 bits per heavy atom. The number of benzene rings is 2. The summed E-state index contributed by atoms with van der Waals surface area (Å²) in [5.41, 5.74) is 1.68. The van der Waals surface area contributed by atoms with Crippen molar-refractivity contribution in [3.8, 4) is 17.2 Å². The van der Waals surface area contributed by atoms with E-state index in [1.165, 1.54) is 30.3 Å². The number of carbonyl (C=O) groups excluding carboxylic acids is 1. The number of esters is 1. The smallest absolute Gasteiger partial charge is 0.336 e. The molecule has 0 fully saturated rings. The molecular weight excluding hydrogens is 284 g/mol. The molecular formula is C17H14O5. The molecule has 22 heavy (non-hydrogen) atoms. The van der Waals surface area contributed by atoms with Gasteiger partial charge in [0.15, 0.2) is 0 Å². The van der Waals surface area contributed by atoms with Crippen LogP contribution in [0.1, 0.15) is 11.1 Å². The fourth-order valence-corrected chi connectivity index (χ4v) is 2.42. The second-order valence-electron chi connectivity index (χ2n) is 5.08. The number of carbonyl (C=O) groups is 1. The van der Waals surface area contributed by atoms with E-state index in [1.54, 1.807) is 18.2 Å². The second kappa shape index (κ2) is 5.54. The van der Waals surface area contributed by atoms with Gasteiger partial charge in [-0.25, -0.2) is 4.79 Å². The maximum absolute atomic E-state index is 12.0. The number of aromatic hydroxyl groups is 2. The normalized spacial score (nSPS) is 20.1. The second-order valence-corrected chi connectivity index (χ2v) is 5.08. The van der Waals surface area contributed by atoms with E-state index in [0.717, 1.165) is 0 Å². The van der Waals surface area contributed by atoms with E-state index < -0.39 is 12.1 Å². The van der Waals surface area contributed by atoms with Crippen LogP contribution in [0.3, 0.4) is 0 Å². The lowest BCUT2D eigenvalue weighted by Gasteiger charge is -2.20. The van der Waals surface area contributed by atoms with E-state index in [2.05, 4.69) is 0 Å². The van der Waals surface area contributed by atoms with Crippen molar-refractivity contribution in [1.82, 2.24) is 0 Å². The predicted molar refractivity (Wildman–Crippen MR) is 79.5 cm³/mol. The molecule has 1 aliphatic rings. The monoisotopic (exact) mass is 298 g/mol. The summed E-state index contributed by atoms with van der Waals surface area (Å²) in [7, 11) is 0. The number of aliphatic hydroxyl groups excluding tert-OH is 1. The van der Waals surface area contributed by atoms with Crippen LogP contribution in [-0.4, -0.2) is 27.4 Å². The first-order valence-electron chi connectivity index (χ1n) is 6.76. The number of rotatable bonds is 1. The largest absolute Gasteiger partial charge is 0.508 e. The molecule has 2 aromatic rings. The minimum Gasteiger partial charge on any atom is -0.508 e. The average Bonchev–Trinajstić information content (AvgIpc) is 2.47.